The minimum Gasteiger partial charge on any atom is -0.461 e. The Hall–Kier alpha value is -3.53. The average Bonchev–Trinajstić information content (AvgIpc) is 3.62. The monoisotopic (exact) mass is 683 g/mol. The Morgan fingerprint density at radius 3 is 2.65 bits per heavy atom. The van der Waals surface area contributed by atoms with Crippen molar-refractivity contribution in [1.29, 1.82) is 0 Å². The van der Waals surface area contributed by atoms with Crippen molar-refractivity contribution in [1.82, 2.24) is 25.2 Å². The van der Waals surface area contributed by atoms with Gasteiger partial charge in [0, 0.05) is 31.4 Å². The van der Waals surface area contributed by atoms with Crippen LogP contribution in [-0.2, 0) is 12.6 Å². The number of nitrogen functional groups attached to an aromatic ring is 1. The fraction of sp³-hybridized carbons (Fsp3) is 0.594. The molecule has 5 aliphatic rings. The highest BCUT2D eigenvalue weighted by molar-refractivity contribution is 5.95. The van der Waals surface area contributed by atoms with E-state index in [4.69, 9.17) is 10.5 Å². The van der Waals surface area contributed by atoms with E-state index in [2.05, 4.69) is 20.3 Å². The number of hydrogen-bond donors (Lipinski definition) is 2. The van der Waals surface area contributed by atoms with Crippen LogP contribution in [0.25, 0.3) is 22.2 Å². The molecule has 4 saturated heterocycles. The smallest absolute Gasteiger partial charge is 0.417 e. The third-order valence-electron chi connectivity index (χ3n) is 10.9. The van der Waals surface area contributed by atoms with E-state index in [9.17, 15) is 22.0 Å². The summed E-state index contributed by atoms with van der Waals surface area (Å²) in [4.78, 5) is 16.7. The third-order valence-corrected chi connectivity index (χ3v) is 10.9. The molecule has 2 bridgehead atoms. The molecule has 3 N–H and O–H groups in total. The Morgan fingerprint density at radius 2 is 1.88 bits per heavy atom. The van der Waals surface area contributed by atoms with Crippen LogP contribution in [0.2, 0.25) is 0 Å². The van der Waals surface area contributed by atoms with Crippen LogP contribution in [0.3, 0.4) is 0 Å². The standard InChI is InChI=1S/C32H33F8N7O/c1-15-22(32(38,39)40)17(10-18(41)23(15)34)25-24(35)26-21-19(42-25)4-2-5-20-31(37)8-7-30(36,45-31)13-47(20)27(21)44-28(43-26)48-14-29-6-3-9-46(29)12-16(33)11-29/h10,16,20,45H,2-9,11-14,41H2,1H3/t16-,20-,29+,30-,31+/m1/s1. The summed E-state index contributed by atoms with van der Waals surface area (Å²) < 4.78 is 127. The number of nitrogens with zero attached hydrogens (tertiary/aromatic N) is 5. The SMILES string of the molecule is Cc1c(F)c(N)cc(-c2nc3c4c(nc(OC[C@@]56CCCN5C[C@H](F)C6)nc4c2F)N2C[C@@]4(F)CC[C@](F)(N4)[C@H]2CCC3)c1C(F)(F)F. The van der Waals surface area contributed by atoms with Gasteiger partial charge in [-0.2, -0.15) is 23.1 Å². The summed E-state index contributed by atoms with van der Waals surface area (Å²) in [6, 6.07) is -0.587. The molecule has 7 heterocycles. The van der Waals surface area contributed by atoms with Gasteiger partial charge in [-0.1, -0.05) is 0 Å². The molecule has 0 saturated carbocycles. The summed E-state index contributed by atoms with van der Waals surface area (Å²) in [6.07, 6.45) is -4.17. The van der Waals surface area contributed by atoms with Crippen molar-refractivity contribution in [2.45, 2.75) is 93.8 Å². The van der Waals surface area contributed by atoms with E-state index in [0.717, 1.165) is 13.3 Å². The van der Waals surface area contributed by atoms with Gasteiger partial charge in [0.15, 0.2) is 17.4 Å². The molecule has 48 heavy (non-hydrogen) atoms. The maximum Gasteiger partial charge on any atom is 0.417 e. The van der Waals surface area contributed by atoms with Gasteiger partial charge in [0.1, 0.15) is 35.6 Å². The van der Waals surface area contributed by atoms with Crippen molar-refractivity contribution in [2.75, 3.05) is 36.9 Å². The first-order valence-electron chi connectivity index (χ1n) is 16.1. The number of aryl methyl sites for hydroxylation is 1. The molecular formula is C32H33F8N7O. The van der Waals surface area contributed by atoms with Crippen LogP contribution in [0.5, 0.6) is 6.01 Å². The fourth-order valence-corrected chi connectivity index (χ4v) is 8.80. The number of piperazine rings is 1. The summed E-state index contributed by atoms with van der Waals surface area (Å²) in [5.74, 6) is -6.87. The summed E-state index contributed by atoms with van der Waals surface area (Å²) in [6.45, 7) is 1.41. The van der Waals surface area contributed by atoms with Crippen molar-refractivity contribution in [2.24, 2.45) is 0 Å². The molecule has 258 valence electrons. The minimum atomic E-state index is -5.10. The number of ether oxygens (including phenoxy) is 1. The molecule has 1 aromatic carbocycles. The number of aromatic nitrogens is 3. The van der Waals surface area contributed by atoms with E-state index in [1.54, 1.807) is 0 Å². The number of alkyl halides is 6. The van der Waals surface area contributed by atoms with Crippen LogP contribution in [0.15, 0.2) is 6.07 Å². The van der Waals surface area contributed by atoms with E-state index in [0.29, 0.717) is 19.0 Å². The van der Waals surface area contributed by atoms with Crippen LogP contribution in [0.1, 0.15) is 61.8 Å². The zero-order chi connectivity index (χ0) is 34.0. The zero-order valence-electron chi connectivity index (χ0n) is 26.0. The Bertz CT molecular complexity index is 1840. The lowest BCUT2D eigenvalue weighted by Crippen LogP contribution is -2.68. The second kappa shape index (κ2) is 10.5. The van der Waals surface area contributed by atoms with E-state index in [-0.39, 0.29) is 81.1 Å². The first-order valence-corrected chi connectivity index (χ1v) is 16.1. The Morgan fingerprint density at radius 1 is 1.08 bits per heavy atom. The normalized spacial score (nSPS) is 31.6. The average molecular weight is 684 g/mol. The lowest BCUT2D eigenvalue weighted by molar-refractivity contribution is -0.137. The number of rotatable bonds is 4. The maximum atomic E-state index is 16.8. The summed E-state index contributed by atoms with van der Waals surface area (Å²) >= 11 is 0. The highest BCUT2D eigenvalue weighted by Gasteiger charge is 2.60. The van der Waals surface area contributed by atoms with Crippen molar-refractivity contribution in [3.63, 3.8) is 0 Å². The molecule has 5 atom stereocenters. The molecular weight excluding hydrogens is 650 g/mol. The van der Waals surface area contributed by atoms with E-state index >= 15 is 13.2 Å². The van der Waals surface area contributed by atoms with E-state index in [1.807, 2.05) is 4.90 Å². The number of anilines is 2. The zero-order valence-corrected chi connectivity index (χ0v) is 26.0. The number of pyridine rings is 1. The molecule has 2 aromatic heterocycles. The highest BCUT2D eigenvalue weighted by Crippen LogP contribution is 2.49. The Kier molecular flexibility index (Phi) is 6.93. The molecule has 8 nitrogen and oxygen atoms in total. The second-order valence-corrected chi connectivity index (χ2v) is 14.0. The molecule has 0 radical (unpaired) electrons. The molecule has 5 aliphatic heterocycles. The fourth-order valence-electron chi connectivity index (χ4n) is 8.80. The third kappa shape index (κ3) is 4.71. The van der Waals surface area contributed by atoms with E-state index < -0.39 is 80.7 Å². The van der Waals surface area contributed by atoms with Crippen molar-refractivity contribution in [3.05, 3.63) is 34.5 Å². The van der Waals surface area contributed by atoms with Crippen LogP contribution >= 0.6 is 0 Å². The Balaban J connectivity index is 1.34. The van der Waals surface area contributed by atoms with Crippen LogP contribution in [0.4, 0.5) is 46.6 Å². The quantitative estimate of drug-likeness (QED) is 0.195. The molecule has 3 aromatic rings. The number of benzene rings is 1. The second-order valence-electron chi connectivity index (χ2n) is 14.0. The van der Waals surface area contributed by atoms with Gasteiger partial charge in [-0.3, -0.25) is 4.90 Å². The molecule has 8 rings (SSSR count). The first-order chi connectivity index (χ1) is 22.6. The van der Waals surface area contributed by atoms with Gasteiger partial charge in [0.2, 0.25) is 0 Å². The van der Waals surface area contributed by atoms with Gasteiger partial charge in [-0.05, 0) is 57.2 Å². The maximum absolute atomic E-state index is 16.8. The molecule has 0 amide bonds. The van der Waals surface area contributed by atoms with Gasteiger partial charge in [0.05, 0.1) is 40.5 Å². The van der Waals surface area contributed by atoms with Gasteiger partial charge >= 0.3 is 12.2 Å². The lowest BCUT2D eigenvalue weighted by atomic mass is 9.91. The van der Waals surface area contributed by atoms with Crippen molar-refractivity contribution in [3.8, 4) is 17.3 Å². The Labute approximate surface area is 270 Å². The van der Waals surface area contributed by atoms with Gasteiger partial charge < -0.3 is 15.4 Å². The number of fused-ring (bicyclic) bond motifs is 6. The predicted octanol–water partition coefficient (Wildman–Crippen LogP) is 6.07. The number of nitrogens with two attached hydrogens (primary N) is 1. The number of hydrogen-bond acceptors (Lipinski definition) is 8. The summed E-state index contributed by atoms with van der Waals surface area (Å²) in [7, 11) is 0. The van der Waals surface area contributed by atoms with Gasteiger partial charge in [-0.25, -0.2) is 32.3 Å². The van der Waals surface area contributed by atoms with Gasteiger partial charge in [-0.15, -0.1) is 0 Å². The van der Waals surface area contributed by atoms with Crippen LogP contribution in [0, 0.1) is 18.6 Å². The molecule has 16 heteroatoms. The first kappa shape index (κ1) is 31.7. The largest absolute Gasteiger partial charge is 0.461 e. The van der Waals surface area contributed by atoms with Gasteiger partial charge in [0.25, 0.3) is 0 Å². The molecule has 4 fully saturated rings. The lowest BCUT2D eigenvalue weighted by Gasteiger charge is -2.47. The highest BCUT2D eigenvalue weighted by atomic mass is 19.4. The molecule has 0 spiro atoms. The van der Waals surface area contributed by atoms with E-state index in [1.165, 1.54) is 4.90 Å². The van der Waals surface area contributed by atoms with Crippen molar-refractivity contribution < 1.29 is 39.9 Å². The molecule has 0 aliphatic carbocycles. The molecule has 0 unspecified atom stereocenters. The minimum absolute atomic E-state index is 0.00694. The topological polar surface area (TPSA) is 92.4 Å². The number of nitrogens with one attached hydrogen (secondary N) is 1. The summed E-state index contributed by atoms with van der Waals surface area (Å²) in [5, 5.41) is 2.49. The number of halogens is 8. The van der Waals surface area contributed by atoms with Crippen LogP contribution < -0.4 is 20.7 Å². The van der Waals surface area contributed by atoms with Crippen LogP contribution in [-0.4, -0.2) is 75.4 Å². The van der Waals surface area contributed by atoms with Crippen molar-refractivity contribution >= 4 is 22.4 Å². The summed E-state index contributed by atoms with van der Waals surface area (Å²) in [5.41, 5.74) is 0.309. The predicted molar refractivity (Wildman–Crippen MR) is 160 cm³/mol.